The molecule has 1 fully saturated rings. The summed E-state index contributed by atoms with van der Waals surface area (Å²) in [5.41, 5.74) is 3.60. The Morgan fingerprint density at radius 1 is 0.913 bits per heavy atom. The second-order valence-electron chi connectivity index (χ2n) is 5.78. The van der Waals surface area contributed by atoms with Crippen LogP contribution in [0.4, 0.5) is 11.4 Å². The molecule has 0 radical (unpaired) electrons. The lowest BCUT2D eigenvalue weighted by Crippen LogP contribution is -2.17. The maximum Gasteiger partial charge on any atom is 0.161 e. The molecule has 3 rings (SSSR count). The molecule has 4 heteroatoms. The standard InChI is InChI=1S/C19H24N2O2/c1-22-18-10-5-15(13-19(18)23-2)14-20-16-6-8-17(9-7-16)21-11-3-4-12-21/h5-10,13,20H,3-4,11-12,14H2,1-2H3. The van der Waals surface area contributed by atoms with Crippen molar-refractivity contribution in [3.05, 3.63) is 48.0 Å². The summed E-state index contributed by atoms with van der Waals surface area (Å²) in [5.74, 6) is 1.52. The molecular formula is C19H24N2O2. The third-order valence-corrected chi connectivity index (χ3v) is 4.28. The average molecular weight is 312 g/mol. The van der Waals surface area contributed by atoms with Gasteiger partial charge >= 0.3 is 0 Å². The predicted molar refractivity (Wildman–Crippen MR) is 94.8 cm³/mol. The van der Waals surface area contributed by atoms with Crippen LogP contribution in [0.5, 0.6) is 11.5 Å². The second-order valence-corrected chi connectivity index (χ2v) is 5.78. The molecule has 1 N–H and O–H groups in total. The fourth-order valence-electron chi connectivity index (χ4n) is 2.96. The molecule has 4 nitrogen and oxygen atoms in total. The summed E-state index contributed by atoms with van der Waals surface area (Å²) >= 11 is 0. The van der Waals surface area contributed by atoms with Crippen molar-refractivity contribution in [1.29, 1.82) is 0 Å². The van der Waals surface area contributed by atoms with Crippen LogP contribution >= 0.6 is 0 Å². The van der Waals surface area contributed by atoms with Crippen LogP contribution in [0.3, 0.4) is 0 Å². The van der Waals surface area contributed by atoms with E-state index in [1.165, 1.54) is 31.6 Å². The zero-order valence-corrected chi connectivity index (χ0v) is 13.8. The Bertz CT molecular complexity index is 634. The largest absolute Gasteiger partial charge is 0.493 e. The van der Waals surface area contributed by atoms with Crippen LogP contribution in [0.25, 0.3) is 0 Å². The Balaban J connectivity index is 1.61. The molecule has 122 valence electrons. The number of hydrogen-bond donors (Lipinski definition) is 1. The van der Waals surface area contributed by atoms with Gasteiger partial charge in [-0.15, -0.1) is 0 Å². The SMILES string of the molecule is COc1ccc(CNc2ccc(N3CCCC3)cc2)cc1OC. The second kappa shape index (κ2) is 7.27. The van der Waals surface area contributed by atoms with E-state index in [4.69, 9.17) is 9.47 Å². The minimum Gasteiger partial charge on any atom is -0.493 e. The fourth-order valence-corrected chi connectivity index (χ4v) is 2.96. The maximum absolute atomic E-state index is 5.34. The number of rotatable bonds is 6. The van der Waals surface area contributed by atoms with Crippen molar-refractivity contribution >= 4 is 11.4 Å². The Kier molecular flexibility index (Phi) is 4.91. The molecule has 1 heterocycles. The lowest BCUT2D eigenvalue weighted by Gasteiger charge is -2.18. The van der Waals surface area contributed by atoms with Gasteiger partial charge in [0.25, 0.3) is 0 Å². The normalized spacial score (nSPS) is 13.9. The van der Waals surface area contributed by atoms with E-state index < -0.39 is 0 Å². The van der Waals surface area contributed by atoms with Gasteiger partial charge in [0.2, 0.25) is 0 Å². The number of benzene rings is 2. The highest BCUT2D eigenvalue weighted by atomic mass is 16.5. The van der Waals surface area contributed by atoms with Crippen molar-refractivity contribution in [3.63, 3.8) is 0 Å². The van der Waals surface area contributed by atoms with Gasteiger partial charge in [0.05, 0.1) is 14.2 Å². The van der Waals surface area contributed by atoms with Crippen molar-refractivity contribution in [2.75, 3.05) is 37.5 Å². The Morgan fingerprint density at radius 2 is 1.61 bits per heavy atom. The van der Waals surface area contributed by atoms with E-state index in [-0.39, 0.29) is 0 Å². The lowest BCUT2D eigenvalue weighted by atomic mass is 10.2. The Hall–Kier alpha value is -2.36. The number of anilines is 2. The number of nitrogens with zero attached hydrogens (tertiary/aromatic N) is 1. The molecule has 1 aliphatic rings. The van der Waals surface area contributed by atoms with Crippen LogP contribution < -0.4 is 19.7 Å². The highest BCUT2D eigenvalue weighted by molar-refractivity contribution is 5.56. The van der Waals surface area contributed by atoms with E-state index in [2.05, 4.69) is 34.5 Å². The molecule has 0 spiro atoms. The van der Waals surface area contributed by atoms with E-state index in [0.717, 1.165) is 29.3 Å². The quantitative estimate of drug-likeness (QED) is 0.876. The van der Waals surface area contributed by atoms with Crippen molar-refractivity contribution in [1.82, 2.24) is 0 Å². The summed E-state index contributed by atoms with van der Waals surface area (Å²) in [7, 11) is 3.31. The molecule has 1 saturated heterocycles. The molecule has 0 bridgehead atoms. The number of nitrogens with one attached hydrogen (secondary N) is 1. The highest BCUT2D eigenvalue weighted by Gasteiger charge is 2.11. The predicted octanol–water partition coefficient (Wildman–Crippen LogP) is 3.92. The van der Waals surface area contributed by atoms with E-state index in [1.54, 1.807) is 14.2 Å². The summed E-state index contributed by atoms with van der Waals surface area (Å²) in [4.78, 5) is 2.44. The topological polar surface area (TPSA) is 33.7 Å². The lowest BCUT2D eigenvalue weighted by molar-refractivity contribution is 0.354. The zero-order valence-electron chi connectivity index (χ0n) is 13.8. The minimum absolute atomic E-state index is 0.753. The molecule has 0 unspecified atom stereocenters. The molecule has 2 aromatic rings. The van der Waals surface area contributed by atoms with Crippen molar-refractivity contribution in [3.8, 4) is 11.5 Å². The fraction of sp³-hybridized carbons (Fsp3) is 0.368. The zero-order chi connectivity index (χ0) is 16.1. The molecule has 0 atom stereocenters. The van der Waals surface area contributed by atoms with Gasteiger partial charge in [0, 0.05) is 31.0 Å². The van der Waals surface area contributed by atoms with Crippen molar-refractivity contribution in [2.45, 2.75) is 19.4 Å². The molecule has 23 heavy (non-hydrogen) atoms. The van der Waals surface area contributed by atoms with Gasteiger partial charge in [0.1, 0.15) is 0 Å². The monoisotopic (exact) mass is 312 g/mol. The summed E-state index contributed by atoms with van der Waals surface area (Å²) in [6.45, 7) is 3.11. The van der Waals surface area contributed by atoms with E-state index in [0.29, 0.717) is 0 Å². The first-order valence-corrected chi connectivity index (χ1v) is 8.10. The van der Waals surface area contributed by atoms with E-state index in [1.807, 2.05) is 18.2 Å². The summed E-state index contributed by atoms with van der Waals surface area (Å²) in [5, 5.41) is 3.45. The summed E-state index contributed by atoms with van der Waals surface area (Å²) in [6, 6.07) is 14.7. The first-order chi connectivity index (χ1) is 11.3. The minimum atomic E-state index is 0.753. The van der Waals surface area contributed by atoms with E-state index in [9.17, 15) is 0 Å². The smallest absolute Gasteiger partial charge is 0.161 e. The van der Waals surface area contributed by atoms with Gasteiger partial charge in [-0.1, -0.05) is 6.07 Å². The molecule has 0 amide bonds. The molecule has 1 aliphatic heterocycles. The first-order valence-electron chi connectivity index (χ1n) is 8.10. The first kappa shape index (κ1) is 15.5. The van der Waals surface area contributed by atoms with Crippen LogP contribution in [-0.2, 0) is 6.54 Å². The summed E-state index contributed by atoms with van der Waals surface area (Å²) in [6.07, 6.45) is 2.61. The molecule has 0 aromatic heterocycles. The molecular weight excluding hydrogens is 288 g/mol. The average Bonchev–Trinajstić information content (AvgIpc) is 3.14. The third-order valence-electron chi connectivity index (χ3n) is 4.28. The van der Waals surface area contributed by atoms with Crippen LogP contribution in [0.1, 0.15) is 18.4 Å². The summed E-state index contributed by atoms with van der Waals surface area (Å²) < 4.78 is 10.6. The van der Waals surface area contributed by atoms with Crippen LogP contribution in [0, 0.1) is 0 Å². The maximum atomic E-state index is 5.34. The van der Waals surface area contributed by atoms with Gasteiger partial charge in [0.15, 0.2) is 11.5 Å². The highest BCUT2D eigenvalue weighted by Crippen LogP contribution is 2.28. The van der Waals surface area contributed by atoms with E-state index >= 15 is 0 Å². The molecule has 2 aromatic carbocycles. The number of methoxy groups -OCH3 is 2. The van der Waals surface area contributed by atoms with Crippen molar-refractivity contribution < 1.29 is 9.47 Å². The Labute approximate surface area is 138 Å². The van der Waals surface area contributed by atoms with Crippen molar-refractivity contribution in [2.24, 2.45) is 0 Å². The van der Waals surface area contributed by atoms with Gasteiger partial charge in [-0.05, 0) is 54.8 Å². The van der Waals surface area contributed by atoms with Gasteiger partial charge in [-0.2, -0.15) is 0 Å². The number of hydrogen-bond acceptors (Lipinski definition) is 4. The molecule has 0 saturated carbocycles. The van der Waals surface area contributed by atoms with Crippen LogP contribution in [-0.4, -0.2) is 27.3 Å². The van der Waals surface area contributed by atoms with Crippen LogP contribution in [0.2, 0.25) is 0 Å². The van der Waals surface area contributed by atoms with Crippen LogP contribution in [0.15, 0.2) is 42.5 Å². The van der Waals surface area contributed by atoms with Gasteiger partial charge in [-0.25, -0.2) is 0 Å². The molecule has 0 aliphatic carbocycles. The third kappa shape index (κ3) is 3.70. The number of ether oxygens (including phenoxy) is 2. The Morgan fingerprint density at radius 3 is 2.26 bits per heavy atom. The van der Waals surface area contributed by atoms with Gasteiger partial charge < -0.3 is 19.7 Å². The van der Waals surface area contributed by atoms with Gasteiger partial charge in [-0.3, -0.25) is 0 Å².